The van der Waals surface area contributed by atoms with Crippen LogP contribution >= 0.6 is 0 Å². The molecule has 8 nitrogen and oxygen atoms in total. The Morgan fingerprint density at radius 1 is 0.970 bits per heavy atom. The molecule has 0 unspecified atom stereocenters. The van der Waals surface area contributed by atoms with Crippen LogP contribution in [0.3, 0.4) is 0 Å². The lowest BCUT2D eigenvalue weighted by Gasteiger charge is -2.37. The predicted molar refractivity (Wildman–Crippen MR) is 122 cm³/mol. The lowest BCUT2D eigenvalue weighted by atomic mass is 10.1. The monoisotopic (exact) mass is 446 g/mol. The van der Waals surface area contributed by atoms with Crippen LogP contribution in [-0.2, 0) is 16.0 Å². The Balaban J connectivity index is 1.28. The molecule has 1 atom stereocenters. The number of carbonyl (C=O) groups excluding carboxylic acids is 2. The molecular formula is C25H26N4O4. The van der Waals surface area contributed by atoms with Crippen molar-refractivity contribution in [2.24, 2.45) is 0 Å². The highest BCUT2D eigenvalue weighted by molar-refractivity contribution is 5.97. The Labute approximate surface area is 192 Å². The second kappa shape index (κ2) is 9.44. The number of aromatic nitrogens is 2. The molecule has 0 aliphatic carbocycles. The second-order valence-corrected chi connectivity index (χ2v) is 8.34. The van der Waals surface area contributed by atoms with Gasteiger partial charge in [-0.3, -0.25) is 9.59 Å². The molecule has 0 bridgehead atoms. The van der Waals surface area contributed by atoms with E-state index in [1.54, 1.807) is 11.0 Å². The van der Waals surface area contributed by atoms with Gasteiger partial charge in [-0.15, -0.1) is 0 Å². The smallest absolute Gasteiger partial charge is 0.265 e. The van der Waals surface area contributed by atoms with Crippen LogP contribution in [0.5, 0.6) is 5.75 Å². The van der Waals surface area contributed by atoms with Crippen LogP contribution in [0.1, 0.15) is 31.6 Å². The van der Waals surface area contributed by atoms with Crippen molar-refractivity contribution >= 4 is 17.5 Å². The van der Waals surface area contributed by atoms with Crippen molar-refractivity contribution < 1.29 is 18.8 Å². The molecule has 170 valence electrons. The SMILES string of the molecule is O=C([C@@H]1CN(C(=O)CCc2nc(-c3ccccc3)no2)c2ccccc2O1)N1CCCCC1. The third kappa shape index (κ3) is 4.60. The summed E-state index contributed by atoms with van der Waals surface area (Å²) in [6, 6.07) is 16.9. The van der Waals surface area contributed by atoms with E-state index in [-0.39, 0.29) is 24.8 Å². The zero-order chi connectivity index (χ0) is 22.6. The van der Waals surface area contributed by atoms with Gasteiger partial charge in [0, 0.05) is 31.5 Å². The Morgan fingerprint density at radius 3 is 2.55 bits per heavy atom. The maximum Gasteiger partial charge on any atom is 0.265 e. The maximum absolute atomic E-state index is 13.2. The van der Waals surface area contributed by atoms with E-state index in [9.17, 15) is 9.59 Å². The lowest BCUT2D eigenvalue weighted by Crippen LogP contribution is -2.52. The van der Waals surface area contributed by atoms with Gasteiger partial charge in [0.05, 0.1) is 12.2 Å². The molecule has 3 heterocycles. The lowest BCUT2D eigenvalue weighted by molar-refractivity contribution is -0.139. The average molecular weight is 447 g/mol. The molecule has 1 aromatic heterocycles. The molecule has 2 aromatic carbocycles. The van der Waals surface area contributed by atoms with Crippen LogP contribution in [-0.4, -0.2) is 52.6 Å². The minimum atomic E-state index is -0.699. The number of rotatable bonds is 5. The number of hydrogen-bond acceptors (Lipinski definition) is 6. The van der Waals surface area contributed by atoms with Gasteiger partial charge in [-0.2, -0.15) is 4.98 Å². The number of anilines is 1. The van der Waals surface area contributed by atoms with E-state index >= 15 is 0 Å². The molecule has 2 aliphatic heterocycles. The van der Waals surface area contributed by atoms with Crippen LogP contribution in [0, 0.1) is 0 Å². The van der Waals surface area contributed by atoms with Gasteiger partial charge >= 0.3 is 0 Å². The first-order valence-corrected chi connectivity index (χ1v) is 11.4. The molecular weight excluding hydrogens is 420 g/mol. The number of para-hydroxylation sites is 2. The number of nitrogens with zero attached hydrogens (tertiary/aromatic N) is 4. The molecule has 3 aromatic rings. The molecule has 8 heteroatoms. The number of aryl methyl sites for hydroxylation is 1. The van der Waals surface area contributed by atoms with Crippen molar-refractivity contribution in [3.63, 3.8) is 0 Å². The minimum absolute atomic E-state index is 0.0496. The number of ether oxygens (including phenoxy) is 1. The van der Waals surface area contributed by atoms with Gasteiger partial charge in [-0.05, 0) is 31.4 Å². The van der Waals surface area contributed by atoms with Gasteiger partial charge in [0.1, 0.15) is 5.75 Å². The summed E-state index contributed by atoms with van der Waals surface area (Å²) in [5.41, 5.74) is 1.54. The summed E-state index contributed by atoms with van der Waals surface area (Å²) in [5, 5.41) is 4.02. The number of benzene rings is 2. The van der Waals surface area contributed by atoms with Crippen molar-refractivity contribution in [2.75, 3.05) is 24.5 Å². The van der Waals surface area contributed by atoms with E-state index in [4.69, 9.17) is 9.26 Å². The highest BCUT2D eigenvalue weighted by Crippen LogP contribution is 2.34. The normalized spacial score (nSPS) is 17.9. The largest absolute Gasteiger partial charge is 0.476 e. The standard InChI is InChI=1S/C25H26N4O4/c30-23(14-13-22-26-24(27-33-22)18-9-3-1-4-10-18)29-17-21(25(31)28-15-7-2-8-16-28)32-20-12-6-5-11-19(20)29/h1,3-6,9-12,21H,2,7-8,13-17H2/t21-/m0/s1. The molecule has 2 amide bonds. The van der Waals surface area contributed by atoms with E-state index in [0.29, 0.717) is 29.6 Å². The third-order valence-electron chi connectivity index (χ3n) is 6.07. The number of hydrogen-bond donors (Lipinski definition) is 0. The van der Waals surface area contributed by atoms with Crippen LogP contribution < -0.4 is 9.64 Å². The van der Waals surface area contributed by atoms with E-state index in [2.05, 4.69) is 10.1 Å². The molecule has 2 aliphatic rings. The first-order chi connectivity index (χ1) is 16.2. The molecule has 1 saturated heterocycles. The highest BCUT2D eigenvalue weighted by Gasteiger charge is 2.36. The fourth-order valence-corrected chi connectivity index (χ4v) is 4.33. The summed E-state index contributed by atoms with van der Waals surface area (Å²) < 4.78 is 11.4. The topological polar surface area (TPSA) is 88.8 Å². The fourth-order valence-electron chi connectivity index (χ4n) is 4.33. The quantitative estimate of drug-likeness (QED) is 0.596. The van der Waals surface area contributed by atoms with Gasteiger partial charge in [0.2, 0.25) is 17.6 Å². The van der Waals surface area contributed by atoms with Crippen molar-refractivity contribution in [2.45, 2.75) is 38.2 Å². The molecule has 0 N–H and O–H groups in total. The molecule has 0 radical (unpaired) electrons. The number of carbonyl (C=O) groups is 2. The Bertz CT molecular complexity index is 1120. The predicted octanol–water partition coefficient (Wildman–Crippen LogP) is 3.48. The fraction of sp³-hybridized carbons (Fsp3) is 0.360. The summed E-state index contributed by atoms with van der Waals surface area (Å²) in [5.74, 6) is 1.30. The summed E-state index contributed by atoms with van der Waals surface area (Å²) in [7, 11) is 0. The number of amides is 2. The Kier molecular flexibility index (Phi) is 6.06. The maximum atomic E-state index is 13.2. The number of likely N-dealkylation sites (tertiary alicyclic amines) is 1. The third-order valence-corrected chi connectivity index (χ3v) is 6.07. The molecule has 1 fully saturated rings. The van der Waals surface area contributed by atoms with Gasteiger partial charge in [0.25, 0.3) is 5.91 Å². The van der Waals surface area contributed by atoms with Crippen molar-refractivity contribution in [3.8, 4) is 17.1 Å². The summed E-state index contributed by atoms with van der Waals surface area (Å²) in [6.07, 6.45) is 2.97. The van der Waals surface area contributed by atoms with Crippen molar-refractivity contribution in [1.82, 2.24) is 15.0 Å². The van der Waals surface area contributed by atoms with Gasteiger partial charge in [0.15, 0.2) is 6.10 Å². The van der Waals surface area contributed by atoms with Gasteiger partial charge in [-0.25, -0.2) is 0 Å². The summed E-state index contributed by atoms with van der Waals surface area (Å²) in [6.45, 7) is 1.69. The molecule has 33 heavy (non-hydrogen) atoms. The Morgan fingerprint density at radius 2 is 1.73 bits per heavy atom. The van der Waals surface area contributed by atoms with Crippen LogP contribution in [0.4, 0.5) is 5.69 Å². The van der Waals surface area contributed by atoms with Gasteiger partial charge in [-0.1, -0.05) is 47.6 Å². The number of piperidine rings is 1. The van der Waals surface area contributed by atoms with E-state index in [1.807, 2.05) is 53.4 Å². The summed E-state index contributed by atoms with van der Waals surface area (Å²) in [4.78, 5) is 34.2. The average Bonchev–Trinajstić information content (AvgIpc) is 3.36. The van der Waals surface area contributed by atoms with Crippen molar-refractivity contribution in [3.05, 3.63) is 60.5 Å². The highest BCUT2D eigenvalue weighted by atomic mass is 16.5. The van der Waals surface area contributed by atoms with Crippen LogP contribution in [0.25, 0.3) is 11.4 Å². The van der Waals surface area contributed by atoms with Crippen LogP contribution in [0.2, 0.25) is 0 Å². The van der Waals surface area contributed by atoms with Crippen molar-refractivity contribution in [1.29, 1.82) is 0 Å². The zero-order valence-corrected chi connectivity index (χ0v) is 18.4. The molecule has 5 rings (SSSR count). The minimum Gasteiger partial charge on any atom is -0.476 e. The molecule has 0 saturated carbocycles. The van der Waals surface area contributed by atoms with Gasteiger partial charge < -0.3 is 19.1 Å². The van der Waals surface area contributed by atoms with E-state index in [0.717, 1.165) is 37.9 Å². The number of fused-ring (bicyclic) bond motifs is 1. The first-order valence-electron chi connectivity index (χ1n) is 11.4. The first kappa shape index (κ1) is 21.2. The Hall–Kier alpha value is -3.68. The zero-order valence-electron chi connectivity index (χ0n) is 18.4. The second-order valence-electron chi connectivity index (χ2n) is 8.34. The van der Waals surface area contributed by atoms with Crippen LogP contribution in [0.15, 0.2) is 59.1 Å². The summed E-state index contributed by atoms with van der Waals surface area (Å²) >= 11 is 0. The van der Waals surface area contributed by atoms with E-state index in [1.165, 1.54) is 0 Å². The van der Waals surface area contributed by atoms with E-state index < -0.39 is 6.10 Å². The molecule has 0 spiro atoms.